The van der Waals surface area contributed by atoms with Crippen LogP contribution in [0.5, 0.6) is 5.75 Å². The number of hydrogen-bond acceptors (Lipinski definition) is 6. The minimum Gasteiger partial charge on any atom is -0.478 e. The van der Waals surface area contributed by atoms with Crippen molar-refractivity contribution in [3.8, 4) is 5.75 Å². The highest BCUT2D eigenvalue weighted by Crippen LogP contribution is 2.36. The maximum Gasteiger partial charge on any atom is 0.265 e. The molecule has 2 atom stereocenters. The highest BCUT2D eigenvalue weighted by molar-refractivity contribution is 7.89. The van der Waals surface area contributed by atoms with Crippen LogP contribution in [-0.4, -0.2) is 43.7 Å². The van der Waals surface area contributed by atoms with Gasteiger partial charge in [-0.3, -0.25) is 9.59 Å². The molecule has 0 saturated carbocycles. The van der Waals surface area contributed by atoms with Gasteiger partial charge >= 0.3 is 0 Å². The first-order chi connectivity index (χ1) is 15.3. The number of aryl methyl sites for hydroxylation is 1. The topological polar surface area (TPSA) is 118 Å². The van der Waals surface area contributed by atoms with E-state index in [2.05, 4.69) is 10.6 Å². The van der Waals surface area contributed by atoms with Gasteiger partial charge in [-0.05, 0) is 49.9 Å². The Morgan fingerprint density at radius 3 is 2.88 bits per heavy atom. The summed E-state index contributed by atoms with van der Waals surface area (Å²) in [4.78, 5) is 24.8. The zero-order valence-electron chi connectivity index (χ0n) is 18.1. The molecule has 32 heavy (non-hydrogen) atoms. The molecule has 3 heterocycles. The zero-order valence-corrected chi connectivity index (χ0v) is 18.9. The van der Waals surface area contributed by atoms with E-state index in [1.165, 1.54) is 16.6 Å². The predicted molar refractivity (Wildman–Crippen MR) is 117 cm³/mol. The van der Waals surface area contributed by atoms with Crippen molar-refractivity contribution in [2.45, 2.75) is 50.7 Å². The van der Waals surface area contributed by atoms with E-state index >= 15 is 0 Å². The third-order valence-corrected chi connectivity index (χ3v) is 7.86. The number of sulfonamides is 1. The number of nitrogens with zero attached hydrogens (tertiary/aromatic N) is 1. The maximum atomic E-state index is 13.5. The summed E-state index contributed by atoms with van der Waals surface area (Å²) >= 11 is 0. The molecule has 1 aromatic heterocycles. The molecular formula is C22H27N3O6S. The molecule has 0 aliphatic carbocycles. The van der Waals surface area contributed by atoms with Crippen LogP contribution < -0.4 is 15.4 Å². The highest BCUT2D eigenvalue weighted by atomic mass is 32.2. The van der Waals surface area contributed by atoms with E-state index in [1.807, 2.05) is 6.92 Å². The lowest BCUT2D eigenvalue weighted by Crippen LogP contribution is -2.45. The molecule has 0 radical (unpaired) electrons. The molecule has 10 heteroatoms. The molecule has 1 aromatic carbocycles. The van der Waals surface area contributed by atoms with Crippen LogP contribution >= 0.6 is 0 Å². The summed E-state index contributed by atoms with van der Waals surface area (Å²) in [6, 6.07) is 6.60. The van der Waals surface area contributed by atoms with Crippen molar-refractivity contribution in [2.75, 3.05) is 18.4 Å². The lowest BCUT2D eigenvalue weighted by molar-refractivity contribution is -0.126. The summed E-state index contributed by atoms with van der Waals surface area (Å²) in [7, 11) is -3.85. The molecule has 9 nitrogen and oxygen atoms in total. The number of nitrogens with one attached hydrogen (secondary N) is 2. The summed E-state index contributed by atoms with van der Waals surface area (Å²) in [6.07, 6.45) is 2.56. The predicted octanol–water partition coefficient (Wildman–Crippen LogP) is 2.41. The number of anilines is 1. The van der Waals surface area contributed by atoms with E-state index in [-0.39, 0.29) is 29.8 Å². The van der Waals surface area contributed by atoms with Crippen LogP contribution in [0.25, 0.3) is 0 Å². The molecule has 0 bridgehead atoms. The van der Waals surface area contributed by atoms with Gasteiger partial charge in [0.05, 0.1) is 29.3 Å². The SMILES string of the molecule is CC[C@H]1Oc2cc(S(=O)(=O)N3CCC[C@H](C(=O)NCc4ccco4)C3)c(C)cc2NC1=O. The van der Waals surface area contributed by atoms with Gasteiger partial charge in [-0.25, -0.2) is 8.42 Å². The van der Waals surface area contributed by atoms with Gasteiger partial charge < -0.3 is 19.8 Å². The van der Waals surface area contributed by atoms with E-state index in [1.54, 1.807) is 25.1 Å². The average Bonchev–Trinajstić information content (AvgIpc) is 3.30. The van der Waals surface area contributed by atoms with Crippen molar-refractivity contribution in [1.82, 2.24) is 9.62 Å². The van der Waals surface area contributed by atoms with E-state index in [0.29, 0.717) is 48.6 Å². The quantitative estimate of drug-likeness (QED) is 0.682. The first-order valence-corrected chi connectivity index (χ1v) is 12.2. The molecule has 0 spiro atoms. The van der Waals surface area contributed by atoms with Crippen molar-refractivity contribution < 1.29 is 27.2 Å². The van der Waals surface area contributed by atoms with Crippen LogP contribution in [-0.2, 0) is 26.2 Å². The second-order valence-corrected chi connectivity index (χ2v) is 10.0. The Labute approximate surface area is 187 Å². The molecule has 4 rings (SSSR count). The third kappa shape index (κ3) is 4.37. The van der Waals surface area contributed by atoms with Crippen LogP contribution in [0.3, 0.4) is 0 Å². The van der Waals surface area contributed by atoms with Gasteiger partial charge in [-0.1, -0.05) is 6.92 Å². The van der Waals surface area contributed by atoms with Gasteiger partial charge in [0.1, 0.15) is 11.5 Å². The van der Waals surface area contributed by atoms with Crippen molar-refractivity contribution >= 4 is 27.5 Å². The van der Waals surface area contributed by atoms with Crippen LogP contribution in [0.1, 0.15) is 37.5 Å². The molecule has 2 amide bonds. The number of ether oxygens (including phenoxy) is 1. The van der Waals surface area contributed by atoms with Crippen LogP contribution in [0.4, 0.5) is 5.69 Å². The van der Waals surface area contributed by atoms with Crippen molar-refractivity contribution in [3.05, 3.63) is 41.9 Å². The molecule has 2 aliphatic rings. The largest absolute Gasteiger partial charge is 0.478 e. The van der Waals surface area contributed by atoms with E-state index < -0.39 is 22.0 Å². The number of rotatable bonds is 6. The summed E-state index contributed by atoms with van der Waals surface area (Å²) in [5, 5.41) is 5.59. The monoisotopic (exact) mass is 461 g/mol. The summed E-state index contributed by atoms with van der Waals surface area (Å²) in [6.45, 7) is 4.23. The van der Waals surface area contributed by atoms with Gasteiger partial charge in [-0.2, -0.15) is 4.31 Å². The van der Waals surface area contributed by atoms with Crippen molar-refractivity contribution in [1.29, 1.82) is 0 Å². The fourth-order valence-corrected chi connectivity index (χ4v) is 5.82. The number of benzene rings is 1. The Balaban J connectivity index is 1.51. The minimum absolute atomic E-state index is 0.109. The maximum absolute atomic E-state index is 13.5. The van der Waals surface area contributed by atoms with E-state index in [0.717, 1.165) is 0 Å². The molecular weight excluding hydrogens is 434 g/mol. The number of piperidine rings is 1. The molecule has 0 unspecified atom stereocenters. The van der Waals surface area contributed by atoms with Gasteiger partial charge in [0.2, 0.25) is 15.9 Å². The second kappa shape index (κ2) is 8.95. The lowest BCUT2D eigenvalue weighted by Gasteiger charge is -2.32. The normalized spacial score (nSPS) is 21.4. The number of furan rings is 1. The number of hydrogen-bond donors (Lipinski definition) is 2. The van der Waals surface area contributed by atoms with Gasteiger partial charge in [0.25, 0.3) is 5.91 Å². The Bertz CT molecular complexity index is 1110. The summed E-state index contributed by atoms with van der Waals surface area (Å²) in [5.41, 5.74) is 0.969. The van der Waals surface area contributed by atoms with Crippen molar-refractivity contribution in [3.63, 3.8) is 0 Å². The third-order valence-electron chi connectivity index (χ3n) is 5.86. The highest BCUT2D eigenvalue weighted by Gasteiger charge is 2.35. The smallest absolute Gasteiger partial charge is 0.265 e. The fourth-order valence-electron chi connectivity index (χ4n) is 4.08. The molecule has 2 N–H and O–H groups in total. The number of amides is 2. The second-order valence-electron chi connectivity index (χ2n) is 8.12. The number of fused-ring (bicyclic) bond motifs is 1. The van der Waals surface area contributed by atoms with E-state index in [4.69, 9.17) is 9.15 Å². The molecule has 1 fully saturated rings. The minimum atomic E-state index is -3.85. The van der Waals surface area contributed by atoms with Crippen LogP contribution in [0, 0.1) is 12.8 Å². The first kappa shape index (κ1) is 22.3. The Hall–Kier alpha value is -2.85. The molecule has 1 saturated heterocycles. The standard InChI is InChI=1S/C22H27N3O6S/c1-3-18-22(27)24-17-10-14(2)20(11-19(17)31-18)32(28,29)25-8-4-6-15(13-25)21(26)23-12-16-7-5-9-30-16/h5,7,9-11,15,18H,3-4,6,8,12-13H2,1-2H3,(H,23,26)(H,24,27)/t15-,18+/m0/s1. The van der Waals surface area contributed by atoms with Gasteiger partial charge in [-0.15, -0.1) is 0 Å². The Kier molecular flexibility index (Phi) is 6.25. The average molecular weight is 462 g/mol. The molecule has 2 aliphatic heterocycles. The summed E-state index contributed by atoms with van der Waals surface area (Å²) < 4.78 is 39.2. The zero-order chi connectivity index (χ0) is 22.9. The lowest BCUT2D eigenvalue weighted by atomic mass is 9.99. The Morgan fingerprint density at radius 2 is 2.16 bits per heavy atom. The molecule has 172 valence electrons. The van der Waals surface area contributed by atoms with E-state index in [9.17, 15) is 18.0 Å². The van der Waals surface area contributed by atoms with Crippen LogP contribution in [0.2, 0.25) is 0 Å². The first-order valence-electron chi connectivity index (χ1n) is 10.7. The molecule has 2 aromatic rings. The fraction of sp³-hybridized carbons (Fsp3) is 0.455. The van der Waals surface area contributed by atoms with Crippen LogP contribution in [0.15, 0.2) is 39.8 Å². The number of carbonyl (C=O) groups is 2. The summed E-state index contributed by atoms with van der Waals surface area (Å²) in [5.74, 6) is 0.104. The van der Waals surface area contributed by atoms with Gasteiger partial charge in [0, 0.05) is 19.2 Å². The van der Waals surface area contributed by atoms with Gasteiger partial charge in [0.15, 0.2) is 6.10 Å². The van der Waals surface area contributed by atoms with Crippen molar-refractivity contribution in [2.24, 2.45) is 5.92 Å². The Morgan fingerprint density at radius 1 is 1.34 bits per heavy atom. The number of carbonyl (C=O) groups excluding carboxylic acids is 2.